The van der Waals surface area contributed by atoms with Crippen LogP contribution in [0.4, 0.5) is 0 Å². The van der Waals surface area contributed by atoms with Crippen LogP contribution in [0.5, 0.6) is 5.75 Å². The minimum absolute atomic E-state index is 0.105. The summed E-state index contributed by atoms with van der Waals surface area (Å²) in [4.78, 5) is 0. The van der Waals surface area contributed by atoms with Gasteiger partial charge in [-0.2, -0.15) is 0 Å². The van der Waals surface area contributed by atoms with Crippen molar-refractivity contribution in [2.45, 2.75) is 32.3 Å². The zero-order chi connectivity index (χ0) is 15.5. The molecular formula is C18H22BrNO. The fourth-order valence-corrected chi connectivity index (χ4v) is 2.58. The topological polar surface area (TPSA) is 35.2 Å². The molecule has 0 bridgehead atoms. The molecule has 2 aromatic rings. The van der Waals surface area contributed by atoms with Crippen molar-refractivity contribution in [2.75, 3.05) is 6.54 Å². The Morgan fingerprint density at radius 1 is 1.10 bits per heavy atom. The van der Waals surface area contributed by atoms with E-state index < -0.39 is 0 Å². The van der Waals surface area contributed by atoms with Crippen LogP contribution in [0.15, 0.2) is 53.0 Å². The highest BCUT2D eigenvalue weighted by atomic mass is 79.9. The Morgan fingerprint density at radius 3 is 2.43 bits per heavy atom. The van der Waals surface area contributed by atoms with Gasteiger partial charge in [0, 0.05) is 11.0 Å². The second-order valence-electron chi connectivity index (χ2n) is 6.18. The fraction of sp³-hybridized carbons (Fsp3) is 0.333. The molecule has 0 aromatic heterocycles. The maximum Gasteiger partial charge on any atom is 0.136 e. The van der Waals surface area contributed by atoms with Crippen LogP contribution in [0.2, 0.25) is 0 Å². The van der Waals surface area contributed by atoms with Gasteiger partial charge in [-0.05, 0) is 40.8 Å². The minimum atomic E-state index is -0.141. The van der Waals surface area contributed by atoms with Crippen molar-refractivity contribution in [3.8, 4) is 5.75 Å². The summed E-state index contributed by atoms with van der Waals surface area (Å²) >= 11 is 3.49. The first-order valence-corrected chi connectivity index (χ1v) is 7.92. The summed E-state index contributed by atoms with van der Waals surface area (Å²) in [6.45, 7) is 7.03. The summed E-state index contributed by atoms with van der Waals surface area (Å²) in [7, 11) is 0. The zero-order valence-electron chi connectivity index (χ0n) is 12.8. The van der Waals surface area contributed by atoms with Gasteiger partial charge in [0.1, 0.15) is 11.9 Å². The molecule has 3 heteroatoms. The maximum absolute atomic E-state index is 6.09. The molecule has 2 nitrogen and oxygen atoms in total. The van der Waals surface area contributed by atoms with Gasteiger partial charge in [-0.1, -0.05) is 61.0 Å². The van der Waals surface area contributed by atoms with Gasteiger partial charge >= 0.3 is 0 Å². The van der Waals surface area contributed by atoms with Gasteiger partial charge < -0.3 is 10.5 Å². The molecule has 2 aromatic carbocycles. The van der Waals surface area contributed by atoms with E-state index in [1.54, 1.807) is 0 Å². The van der Waals surface area contributed by atoms with Gasteiger partial charge in [-0.15, -0.1) is 0 Å². The smallest absolute Gasteiger partial charge is 0.136 e. The highest BCUT2D eigenvalue weighted by Crippen LogP contribution is 2.28. The fourth-order valence-electron chi connectivity index (χ4n) is 2.16. The van der Waals surface area contributed by atoms with Gasteiger partial charge in [0.25, 0.3) is 0 Å². The lowest BCUT2D eigenvalue weighted by molar-refractivity contribution is 0.213. The molecule has 112 valence electrons. The van der Waals surface area contributed by atoms with Gasteiger partial charge in [0.2, 0.25) is 0 Å². The Morgan fingerprint density at radius 2 is 1.81 bits per heavy atom. The van der Waals surface area contributed by atoms with Crippen LogP contribution >= 0.6 is 15.9 Å². The van der Waals surface area contributed by atoms with Crippen molar-refractivity contribution in [2.24, 2.45) is 5.73 Å². The number of rotatable bonds is 4. The van der Waals surface area contributed by atoms with Crippen molar-refractivity contribution in [1.82, 2.24) is 0 Å². The van der Waals surface area contributed by atoms with Gasteiger partial charge in [-0.3, -0.25) is 0 Å². The molecule has 0 aliphatic rings. The van der Waals surface area contributed by atoms with Crippen LogP contribution in [0.25, 0.3) is 0 Å². The number of halogens is 1. The summed E-state index contributed by atoms with van der Waals surface area (Å²) < 4.78 is 7.13. The first kappa shape index (κ1) is 16.1. The van der Waals surface area contributed by atoms with Crippen LogP contribution in [0.1, 0.15) is 38.0 Å². The molecule has 0 fully saturated rings. The summed E-state index contributed by atoms with van der Waals surface area (Å²) in [6.07, 6.45) is -0.141. The van der Waals surface area contributed by atoms with Crippen molar-refractivity contribution in [3.63, 3.8) is 0 Å². The number of hydrogen-bond acceptors (Lipinski definition) is 2. The normalized spacial score (nSPS) is 13.0. The molecule has 0 aliphatic carbocycles. The molecule has 0 saturated carbocycles. The van der Waals surface area contributed by atoms with Gasteiger partial charge in [-0.25, -0.2) is 0 Å². The lowest BCUT2D eigenvalue weighted by atomic mass is 9.87. The van der Waals surface area contributed by atoms with E-state index in [4.69, 9.17) is 10.5 Å². The second kappa shape index (κ2) is 6.63. The molecule has 0 radical (unpaired) electrons. The van der Waals surface area contributed by atoms with E-state index in [2.05, 4.69) is 48.8 Å². The standard InChI is InChI=1S/C18H22BrNO/c1-18(2,3)14-7-5-9-16(11-14)21-17(12-20)13-6-4-8-15(19)10-13/h4-11,17H,12,20H2,1-3H3. The van der Waals surface area contributed by atoms with Crippen LogP contribution < -0.4 is 10.5 Å². The van der Waals surface area contributed by atoms with E-state index in [-0.39, 0.29) is 11.5 Å². The Labute approximate surface area is 135 Å². The molecule has 2 N–H and O–H groups in total. The van der Waals surface area contributed by atoms with Crippen molar-refractivity contribution >= 4 is 15.9 Å². The van der Waals surface area contributed by atoms with Crippen LogP contribution in [-0.4, -0.2) is 6.54 Å². The predicted molar refractivity (Wildman–Crippen MR) is 91.7 cm³/mol. The molecule has 1 unspecified atom stereocenters. The zero-order valence-corrected chi connectivity index (χ0v) is 14.4. The van der Waals surface area contributed by atoms with Crippen molar-refractivity contribution < 1.29 is 4.74 Å². The molecule has 0 saturated heterocycles. The molecule has 1 atom stereocenters. The minimum Gasteiger partial charge on any atom is -0.484 e. The molecule has 0 amide bonds. The lowest BCUT2D eigenvalue weighted by Gasteiger charge is -2.22. The number of hydrogen-bond donors (Lipinski definition) is 1. The van der Waals surface area contributed by atoms with Gasteiger partial charge in [0.15, 0.2) is 0 Å². The molecule has 0 spiro atoms. The lowest BCUT2D eigenvalue weighted by Crippen LogP contribution is -2.19. The molecule has 21 heavy (non-hydrogen) atoms. The van der Waals surface area contributed by atoms with E-state index in [1.165, 1.54) is 5.56 Å². The van der Waals surface area contributed by atoms with Crippen LogP contribution in [-0.2, 0) is 5.41 Å². The van der Waals surface area contributed by atoms with Crippen LogP contribution in [0, 0.1) is 0 Å². The molecule has 0 aliphatic heterocycles. The van der Waals surface area contributed by atoms with E-state index in [0.717, 1.165) is 15.8 Å². The molecule has 0 heterocycles. The largest absolute Gasteiger partial charge is 0.484 e. The number of nitrogens with two attached hydrogens (primary N) is 1. The monoisotopic (exact) mass is 347 g/mol. The quantitative estimate of drug-likeness (QED) is 0.859. The predicted octanol–water partition coefficient (Wildman–Crippen LogP) is 4.83. The average molecular weight is 348 g/mol. The third-order valence-corrected chi connectivity index (χ3v) is 3.91. The Balaban J connectivity index is 2.23. The van der Waals surface area contributed by atoms with Gasteiger partial charge in [0.05, 0.1) is 0 Å². The highest BCUT2D eigenvalue weighted by molar-refractivity contribution is 9.10. The summed E-state index contributed by atoms with van der Waals surface area (Å²) in [5, 5.41) is 0. The van der Waals surface area contributed by atoms with E-state index in [0.29, 0.717) is 6.54 Å². The highest BCUT2D eigenvalue weighted by Gasteiger charge is 2.16. The number of benzene rings is 2. The SMILES string of the molecule is CC(C)(C)c1cccc(OC(CN)c2cccc(Br)c2)c1. The summed E-state index contributed by atoms with van der Waals surface area (Å²) in [5.74, 6) is 0.859. The average Bonchev–Trinajstić information content (AvgIpc) is 2.44. The van der Waals surface area contributed by atoms with E-state index in [1.807, 2.05) is 36.4 Å². The van der Waals surface area contributed by atoms with Crippen molar-refractivity contribution in [1.29, 1.82) is 0 Å². The molecular weight excluding hydrogens is 326 g/mol. The summed E-state index contributed by atoms with van der Waals surface area (Å²) in [5.41, 5.74) is 8.32. The Hall–Kier alpha value is -1.32. The Kier molecular flexibility index (Phi) is 5.07. The van der Waals surface area contributed by atoms with E-state index in [9.17, 15) is 0 Å². The third-order valence-electron chi connectivity index (χ3n) is 3.41. The van der Waals surface area contributed by atoms with E-state index >= 15 is 0 Å². The maximum atomic E-state index is 6.09. The van der Waals surface area contributed by atoms with Crippen molar-refractivity contribution in [3.05, 3.63) is 64.1 Å². The van der Waals surface area contributed by atoms with Crippen LogP contribution in [0.3, 0.4) is 0 Å². The summed E-state index contributed by atoms with van der Waals surface area (Å²) in [6, 6.07) is 16.3. The third kappa shape index (κ3) is 4.32. The second-order valence-corrected chi connectivity index (χ2v) is 7.09. The molecule has 2 rings (SSSR count). The Bertz CT molecular complexity index is 604. The first-order chi connectivity index (χ1) is 9.90. The first-order valence-electron chi connectivity index (χ1n) is 7.13. The number of ether oxygens (including phenoxy) is 1.